The number of likely N-dealkylation sites (tertiary alicyclic amines) is 1. The SMILES string of the molecule is O=C(C1CCCCCC1)N1CCCC1c1nnn(-c2cc(Cl)cc(Cl)c2)n1. The Bertz CT molecular complexity index is 796. The number of halogens is 2. The average Bonchev–Trinajstić information content (AvgIpc) is 3.23. The molecule has 8 heteroatoms. The van der Waals surface area contributed by atoms with Gasteiger partial charge in [0.15, 0.2) is 5.82 Å². The van der Waals surface area contributed by atoms with Crippen molar-refractivity contribution in [2.24, 2.45) is 5.92 Å². The van der Waals surface area contributed by atoms with Crippen LogP contribution >= 0.6 is 23.2 Å². The minimum atomic E-state index is -0.0934. The zero-order chi connectivity index (χ0) is 18.8. The fraction of sp³-hybridized carbons (Fsp3) is 0.579. The normalized spacial score (nSPS) is 21.4. The van der Waals surface area contributed by atoms with Gasteiger partial charge in [0.2, 0.25) is 5.91 Å². The first-order chi connectivity index (χ1) is 13.1. The van der Waals surface area contributed by atoms with Crippen LogP contribution in [-0.2, 0) is 4.79 Å². The predicted molar refractivity (Wildman–Crippen MR) is 104 cm³/mol. The highest BCUT2D eigenvalue weighted by Gasteiger charge is 2.36. The van der Waals surface area contributed by atoms with Crippen LogP contribution in [0.4, 0.5) is 0 Å². The third-order valence-corrected chi connectivity index (χ3v) is 5.98. The summed E-state index contributed by atoms with van der Waals surface area (Å²) in [6, 6.07) is 5.04. The number of carbonyl (C=O) groups is 1. The second-order valence-corrected chi connectivity index (χ2v) is 8.32. The maximum atomic E-state index is 13.1. The van der Waals surface area contributed by atoms with Gasteiger partial charge in [-0.2, -0.15) is 0 Å². The Balaban J connectivity index is 1.54. The highest BCUT2D eigenvalue weighted by atomic mass is 35.5. The number of rotatable bonds is 3. The lowest BCUT2D eigenvalue weighted by molar-refractivity contribution is -0.137. The van der Waals surface area contributed by atoms with Crippen molar-refractivity contribution >= 4 is 29.1 Å². The second kappa shape index (κ2) is 8.15. The molecule has 6 nitrogen and oxygen atoms in total. The fourth-order valence-corrected chi connectivity index (χ4v) is 4.70. The van der Waals surface area contributed by atoms with Gasteiger partial charge in [-0.15, -0.1) is 15.0 Å². The smallest absolute Gasteiger partial charge is 0.226 e. The van der Waals surface area contributed by atoms with E-state index >= 15 is 0 Å². The van der Waals surface area contributed by atoms with Gasteiger partial charge in [0, 0.05) is 22.5 Å². The monoisotopic (exact) mass is 407 g/mol. The number of benzene rings is 1. The van der Waals surface area contributed by atoms with Gasteiger partial charge < -0.3 is 4.90 Å². The van der Waals surface area contributed by atoms with Gasteiger partial charge in [0.25, 0.3) is 0 Å². The van der Waals surface area contributed by atoms with E-state index in [0.717, 1.165) is 45.1 Å². The lowest BCUT2D eigenvalue weighted by Gasteiger charge is -2.26. The molecule has 27 heavy (non-hydrogen) atoms. The molecule has 1 saturated carbocycles. The molecule has 0 radical (unpaired) electrons. The van der Waals surface area contributed by atoms with E-state index in [4.69, 9.17) is 23.2 Å². The molecule has 1 aromatic carbocycles. The second-order valence-electron chi connectivity index (χ2n) is 7.44. The lowest BCUT2D eigenvalue weighted by atomic mass is 9.98. The van der Waals surface area contributed by atoms with Gasteiger partial charge >= 0.3 is 0 Å². The number of carbonyl (C=O) groups excluding carboxylic acids is 1. The number of hydrogen-bond donors (Lipinski definition) is 0. The Morgan fingerprint density at radius 3 is 2.37 bits per heavy atom. The molecule has 1 atom stereocenters. The van der Waals surface area contributed by atoms with Gasteiger partial charge in [0.05, 0.1) is 11.7 Å². The first-order valence-electron chi connectivity index (χ1n) is 9.69. The lowest BCUT2D eigenvalue weighted by Crippen LogP contribution is -2.36. The number of nitrogens with zero attached hydrogens (tertiary/aromatic N) is 5. The molecular weight excluding hydrogens is 385 g/mol. The zero-order valence-electron chi connectivity index (χ0n) is 15.2. The van der Waals surface area contributed by atoms with Gasteiger partial charge in [0.1, 0.15) is 0 Å². The summed E-state index contributed by atoms with van der Waals surface area (Å²) >= 11 is 12.1. The van der Waals surface area contributed by atoms with Crippen molar-refractivity contribution in [1.29, 1.82) is 0 Å². The van der Waals surface area contributed by atoms with Crippen LogP contribution in [0.1, 0.15) is 63.2 Å². The third-order valence-electron chi connectivity index (χ3n) is 5.55. The van der Waals surface area contributed by atoms with Crippen molar-refractivity contribution in [2.75, 3.05) is 6.54 Å². The molecule has 144 valence electrons. The molecule has 1 saturated heterocycles. The van der Waals surface area contributed by atoms with Gasteiger partial charge in [-0.25, -0.2) is 0 Å². The van der Waals surface area contributed by atoms with Crippen LogP contribution in [0.3, 0.4) is 0 Å². The molecule has 2 aliphatic rings. The number of aromatic nitrogens is 4. The summed E-state index contributed by atoms with van der Waals surface area (Å²) in [6.07, 6.45) is 8.64. The molecule has 4 rings (SSSR count). The summed E-state index contributed by atoms with van der Waals surface area (Å²) in [5.74, 6) is 1.00. The minimum absolute atomic E-state index is 0.0934. The van der Waals surface area contributed by atoms with Crippen LogP contribution < -0.4 is 0 Å². The van der Waals surface area contributed by atoms with E-state index in [1.807, 2.05) is 4.90 Å². The van der Waals surface area contributed by atoms with E-state index in [2.05, 4.69) is 15.4 Å². The summed E-state index contributed by atoms with van der Waals surface area (Å²) in [6.45, 7) is 0.775. The van der Waals surface area contributed by atoms with Crippen molar-refractivity contribution in [3.63, 3.8) is 0 Å². The first-order valence-corrected chi connectivity index (χ1v) is 10.4. The molecule has 0 N–H and O–H groups in total. The van der Waals surface area contributed by atoms with Crippen LogP contribution in [0.5, 0.6) is 0 Å². The number of tetrazole rings is 1. The van der Waals surface area contributed by atoms with E-state index in [0.29, 0.717) is 21.6 Å². The summed E-state index contributed by atoms with van der Waals surface area (Å²) in [7, 11) is 0. The molecule has 1 aromatic heterocycles. The van der Waals surface area contributed by atoms with Crippen molar-refractivity contribution in [1.82, 2.24) is 25.1 Å². The minimum Gasteiger partial charge on any atom is -0.332 e. The molecule has 1 amide bonds. The van der Waals surface area contributed by atoms with Gasteiger partial charge in [-0.3, -0.25) is 4.79 Å². The van der Waals surface area contributed by atoms with Crippen molar-refractivity contribution < 1.29 is 4.79 Å². The van der Waals surface area contributed by atoms with Gasteiger partial charge in [-0.05, 0) is 49.1 Å². The number of hydrogen-bond acceptors (Lipinski definition) is 4. The Morgan fingerprint density at radius 1 is 0.963 bits per heavy atom. The standard InChI is InChI=1S/C19H23Cl2N5O/c20-14-10-15(21)12-16(11-14)26-23-18(22-24-26)17-8-5-9-25(17)19(27)13-6-3-1-2-4-7-13/h10-13,17H,1-9H2. The van der Waals surface area contributed by atoms with Crippen LogP contribution in [0, 0.1) is 5.92 Å². The maximum Gasteiger partial charge on any atom is 0.226 e. The maximum absolute atomic E-state index is 13.1. The van der Waals surface area contributed by atoms with E-state index in [-0.39, 0.29) is 17.9 Å². The third kappa shape index (κ3) is 4.11. The first kappa shape index (κ1) is 18.7. The Kier molecular flexibility index (Phi) is 5.64. The molecule has 1 aliphatic heterocycles. The average molecular weight is 408 g/mol. The molecule has 0 spiro atoms. The summed E-state index contributed by atoms with van der Waals surface area (Å²) in [5, 5.41) is 13.9. The Labute approximate surface area is 168 Å². The van der Waals surface area contributed by atoms with Crippen LogP contribution in [-0.4, -0.2) is 37.6 Å². The summed E-state index contributed by atoms with van der Waals surface area (Å²) in [4.78, 5) is 16.5. The fourth-order valence-electron chi connectivity index (χ4n) is 4.18. The van der Waals surface area contributed by atoms with Crippen LogP contribution in [0.2, 0.25) is 10.0 Å². The van der Waals surface area contributed by atoms with Crippen LogP contribution in [0.25, 0.3) is 5.69 Å². The Hall–Kier alpha value is -1.66. The van der Waals surface area contributed by atoms with E-state index < -0.39 is 0 Å². The molecule has 0 bridgehead atoms. The summed E-state index contributed by atoms with van der Waals surface area (Å²) < 4.78 is 0. The van der Waals surface area contributed by atoms with Crippen molar-refractivity contribution in [3.8, 4) is 5.69 Å². The van der Waals surface area contributed by atoms with Crippen molar-refractivity contribution in [3.05, 3.63) is 34.1 Å². The largest absolute Gasteiger partial charge is 0.332 e. The van der Waals surface area contributed by atoms with Crippen molar-refractivity contribution in [2.45, 2.75) is 57.4 Å². The number of amides is 1. The van der Waals surface area contributed by atoms with E-state index in [9.17, 15) is 4.79 Å². The topological polar surface area (TPSA) is 63.9 Å². The molecular formula is C19H23Cl2N5O. The highest BCUT2D eigenvalue weighted by molar-refractivity contribution is 6.34. The van der Waals surface area contributed by atoms with E-state index in [1.165, 1.54) is 17.6 Å². The molecule has 1 aliphatic carbocycles. The molecule has 2 fully saturated rings. The highest BCUT2D eigenvalue weighted by Crippen LogP contribution is 2.34. The molecule has 2 heterocycles. The Morgan fingerprint density at radius 2 is 1.67 bits per heavy atom. The molecule has 1 unspecified atom stereocenters. The molecule has 2 aromatic rings. The quantitative estimate of drug-likeness (QED) is 0.697. The zero-order valence-corrected chi connectivity index (χ0v) is 16.7. The van der Waals surface area contributed by atoms with Crippen LogP contribution in [0.15, 0.2) is 18.2 Å². The predicted octanol–water partition coefficient (Wildman–Crippen LogP) is 4.60. The van der Waals surface area contributed by atoms with Gasteiger partial charge in [-0.1, -0.05) is 48.9 Å². The summed E-state index contributed by atoms with van der Waals surface area (Å²) in [5.41, 5.74) is 0.658. The van der Waals surface area contributed by atoms with E-state index in [1.54, 1.807) is 18.2 Å².